The minimum Gasteiger partial charge on any atom is -0.478 e. The second-order valence-corrected chi connectivity index (χ2v) is 6.66. The predicted molar refractivity (Wildman–Crippen MR) is 107 cm³/mol. The maximum Gasteiger partial charge on any atom is 0.347 e. The van der Waals surface area contributed by atoms with Gasteiger partial charge in [0.05, 0.1) is 6.04 Å². The molecule has 0 aliphatic heterocycles. The minimum atomic E-state index is -1.58. The molecule has 2 aromatic carbocycles. The molecule has 0 fully saturated rings. The largest absolute Gasteiger partial charge is 0.478 e. The van der Waals surface area contributed by atoms with Gasteiger partial charge in [0.15, 0.2) is 0 Å². The fourth-order valence-electron chi connectivity index (χ4n) is 2.96. The standard InChI is InChI=1S/C22H23NO7/c1-13-17(10-7-11-19(13)29-14(2)24)21(26)23-18(12-16-8-5-4-6-9-16)20(22(27)28)30-15(3)25/h4-11,18,20H,12H2,1-3H3,(H,23,26)(H,27,28)/t18-,20-/m0/s1. The summed E-state index contributed by atoms with van der Waals surface area (Å²) in [7, 11) is 0. The van der Waals surface area contributed by atoms with Gasteiger partial charge < -0.3 is 19.9 Å². The molecular weight excluding hydrogens is 390 g/mol. The molecule has 8 nitrogen and oxygen atoms in total. The van der Waals surface area contributed by atoms with Gasteiger partial charge in [-0.3, -0.25) is 14.4 Å². The lowest BCUT2D eigenvalue weighted by Gasteiger charge is -2.25. The van der Waals surface area contributed by atoms with E-state index in [1.165, 1.54) is 13.0 Å². The molecule has 2 rings (SSSR count). The topological polar surface area (TPSA) is 119 Å². The average Bonchev–Trinajstić information content (AvgIpc) is 2.67. The van der Waals surface area contributed by atoms with Gasteiger partial charge in [0, 0.05) is 25.0 Å². The first-order valence-electron chi connectivity index (χ1n) is 9.22. The van der Waals surface area contributed by atoms with Gasteiger partial charge in [0.25, 0.3) is 5.91 Å². The molecule has 2 atom stereocenters. The highest BCUT2D eigenvalue weighted by Gasteiger charge is 2.33. The maximum atomic E-state index is 12.9. The fraction of sp³-hybridized carbons (Fsp3) is 0.273. The van der Waals surface area contributed by atoms with Gasteiger partial charge in [0.1, 0.15) is 5.75 Å². The summed E-state index contributed by atoms with van der Waals surface area (Å²) in [6.45, 7) is 3.96. The van der Waals surface area contributed by atoms with Crippen LogP contribution in [-0.4, -0.2) is 41.1 Å². The molecule has 0 aromatic heterocycles. The van der Waals surface area contributed by atoms with Crippen molar-refractivity contribution in [2.24, 2.45) is 0 Å². The highest BCUT2D eigenvalue weighted by Crippen LogP contribution is 2.22. The number of carbonyl (C=O) groups is 4. The van der Waals surface area contributed by atoms with Gasteiger partial charge in [-0.15, -0.1) is 0 Å². The SMILES string of the molecule is CC(=O)Oc1cccc(C(=O)N[C@@H](Cc2ccccc2)[C@H](OC(C)=O)C(=O)O)c1C. The van der Waals surface area contributed by atoms with Gasteiger partial charge in [-0.25, -0.2) is 4.79 Å². The van der Waals surface area contributed by atoms with Gasteiger partial charge >= 0.3 is 17.9 Å². The van der Waals surface area contributed by atoms with E-state index in [1.807, 2.05) is 6.07 Å². The van der Waals surface area contributed by atoms with Crippen LogP contribution in [0.4, 0.5) is 0 Å². The Labute approximate surface area is 173 Å². The Morgan fingerprint density at radius 1 is 0.967 bits per heavy atom. The number of amides is 1. The number of carboxylic acids is 1. The van der Waals surface area contributed by atoms with Crippen LogP contribution >= 0.6 is 0 Å². The maximum absolute atomic E-state index is 12.9. The van der Waals surface area contributed by atoms with Crippen LogP contribution in [0, 0.1) is 6.92 Å². The van der Waals surface area contributed by atoms with Crippen LogP contribution in [0.3, 0.4) is 0 Å². The third-order valence-electron chi connectivity index (χ3n) is 4.30. The Balaban J connectivity index is 2.35. The molecule has 1 amide bonds. The molecule has 0 unspecified atom stereocenters. The van der Waals surface area contributed by atoms with Gasteiger partial charge in [-0.1, -0.05) is 36.4 Å². The molecule has 0 saturated carbocycles. The van der Waals surface area contributed by atoms with E-state index in [1.54, 1.807) is 43.3 Å². The quantitative estimate of drug-likeness (QED) is 0.503. The van der Waals surface area contributed by atoms with Crippen molar-refractivity contribution in [2.45, 2.75) is 39.3 Å². The lowest BCUT2D eigenvalue weighted by Crippen LogP contribution is -2.50. The van der Waals surface area contributed by atoms with Crippen molar-refractivity contribution in [3.8, 4) is 5.75 Å². The zero-order valence-electron chi connectivity index (χ0n) is 16.9. The summed E-state index contributed by atoms with van der Waals surface area (Å²) in [5.74, 6) is -3.04. The average molecular weight is 413 g/mol. The zero-order chi connectivity index (χ0) is 22.3. The number of carbonyl (C=O) groups excluding carboxylic acids is 3. The predicted octanol–water partition coefficient (Wildman–Crippen LogP) is 2.28. The van der Waals surface area contributed by atoms with Crippen LogP contribution in [0.2, 0.25) is 0 Å². The molecule has 0 saturated heterocycles. The molecule has 158 valence electrons. The first kappa shape index (κ1) is 22.6. The molecule has 2 aromatic rings. The summed E-state index contributed by atoms with van der Waals surface area (Å²) in [5, 5.41) is 12.2. The monoisotopic (exact) mass is 413 g/mol. The number of nitrogens with one attached hydrogen (secondary N) is 1. The van der Waals surface area contributed by atoms with E-state index in [-0.39, 0.29) is 17.7 Å². The molecule has 0 radical (unpaired) electrons. The highest BCUT2D eigenvalue weighted by molar-refractivity contribution is 5.97. The van der Waals surface area contributed by atoms with E-state index < -0.39 is 36.0 Å². The summed E-state index contributed by atoms with van der Waals surface area (Å²) < 4.78 is 10.1. The molecule has 0 aliphatic rings. The van der Waals surface area contributed by atoms with Crippen molar-refractivity contribution >= 4 is 23.8 Å². The van der Waals surface area contributed by atoms with Crippen molar-refractivity contribution in [3.63, 3.8) is 0 Å². The molecule has 2 N–H and O–H groups in total. The molecular formula is C22H23NO7. The normalized spacial score (nSPS) is 12.4. The Morgan fingerprint density at radius 2 is 1.63 bits per heavy atom. The number of ether oxygens (including phenoxy) is 2. The number of hydrogen-bond acceptors (Lipinski definition) is 6. The third kappa shape index (κ3) is 6.16. The van der Waals surface area contributed by atoms with Gasteiger partial charge in [0.2, 0.25) is 6.10 Å². The number of rotatable bonds is 8. The van der Waals surface area contributed by atoms with Crippen molar-refractivity contribution in [1.82, 2.24) is 5.32 Å². The van der Waals surface area contributed by atoms with E-state index in [0.717, 1.165) is 12.5 Å². The first-order valence-corrected chi connectivity index (χ1v) is 9.22. The van der Waals surface area contributed by atoms with Crippen LogP contribution in [0.15, 0.2) is 48.5 Å². The lowest BCUT2D eigenvalue weighted by atomic mass is 9.99. The van der Waals surface area contributed by atoms with E-state index in [2.05, 4.69) is 5.32 Å². The Kier molecular flexibility index (Phi) is 7.69. The molecule has 8 heteroatoms. The van der Waals surface area contributed by atoms with Gasteiger partial charge in [-0.05, 0) is 31.0 Å². The van der Waals surface area contributed by atoms with Gasteiger partial charge in [-0.2, -0.15) is 0 Å². The fourth-order valence-corrected chi connectivity index (χ4v) is 2.96. The third-order valence-corrected chi connectivity index (χ3v) is 4.30. The highest BCUT2D eigenvalue weighted by atomic mass is 16.6. The summed E-state index contributed by atoms with van der Waals surface area (Å²) >= 11 is 0. The molecule has 30 heavy (non-hydrogen) atoms. The first-order chi connectivity index (χ1) is 14.2. The smallest absolute Gasteiger partial charge is 0.347 e. The molecule has 0 spiro atoms. The van der Waals surface area contributed by atoms with E-state index in [4.69, 9.17) is 9.47 Å². The lowest BCUT2D eigenvalue weighted by molar-refractivity contribution is -0.164. The molecule has 0 bridgehead atoms. The van der Waals surface area contributed by atoms with Crippen LogP contribution in [-0.2, 0) is 25.5 Å². The number of aliphatic carboxylic acids is 1. The minimum absolute atomic E-state index is 0.125. The van der Waals surface area contributed by atoms with Crippen LogP contribution in [0.5, 0.6) is 5.75 Å². The van der Waals surface area contributed by atoms with Crippen molar-refractivity contribution in [3.05, 3.63) is 65.2 Å². The zero-order valence-corrected chi connectivity index (χ0v) is 16.9. The number of benzene rings is 2. The molecule has 0 aliphatic carbocycles. The van der Waals surface area contributed by atoms with Crippen molar-refractivity contribution < 1.29 is 33.8 Å². The Bertz CT molecular complexity index is 940. The number of carboxylic acid groups (broad SMARTS) is 1. The number of esters is 2. The van der Waals surface area contributed by atoms with Crippen LogP contribution < -0.4 is 10.1 Å². The summed E-state index contributed by atoms with van der Waals surface area (Å²) in [6.07, 6.45) is -1.46. The van der Waals surface area contributed by atoms with Crippen LogP contribution in [0.1, 0.15) is 35.3 Å². The summed E-state index contributed by atoms with van der Waals surface area (Å²) in [4.78, 5) is 47.4. The van der Waals surface area contributed by atoms with Crippen LogP contribution in [0.25, 0.3) is 0 Å². The van der Waals surface area contributed by atoms with Crippen molar-refractivity contribution in [2.75, 3.05) is 0 Å². The Hall–Kier alpha value is -3.68. The molecule has 0 heterocycles. The second-order valence-electron chi connectivity index (χ2n) is 6.66. The second kappa shape index (κ2) is 10.2. The summed E-state index contributed by atoms with van der Waals surface area (Å²) in [5.41, 5.74) is 1.38. The number of hydrogen-bond donors (Lipinski definition) is 2. The van der Waals surface area contributed by atoms with E-state index in [0.29, 0.717) is 5.56 Å². The van der Waals surface area contributed by atoms with E-state index in [9.17, 15) is 24.3 Å². The Morgan fingerprint density at radius 3 is 2.20 bits per heavy atom. The van der Waals surface area contributed by atoms with E-state index >= 15 is 0 Å². The summed E-state index contributed by atoms with van der Waals surface area (Å²) in [6, 6.07) is 12.5. The van der Waals surface area contributed by atoms with Crippen molar-refractivity contribution in [1.29, 1.82) is 0 Å².